The van der Waals surface area contributed by atoms with E-state index in [2.05, 4.69) is 4.98 Å². The van der Waals surface area contributed by atoms with E-state index in [0.717, 1.165) is 0 Å². The molecule has 0 amide bonds. The summed E-state index contributed by atoms with van der Waals surface area (Å²) in [6, 6.07) is 1.48. The molecule has 1 aliphatic heterocycles. The van der Waals surface area contributed by atoms with Crippen LogP contribution < -0.4 is 10.6 Å². The standard InChI is InChI=1S/C14H18BN3O4/c15-3-1-2-10-7-18(8-14(10,16)13(21)22)11-4-9(12(19)20)5-17-6-11/h4-6,10H,1-3,7-8,16H2,(H,19,20)(H,21,22)/t10-,14-/m0/s1. The van der Waals surface area contributed by atoms with Crippen LogP contribution in [-0.4, -0.2) is 53.6 Å². The summed E-state index contributed by atoms with van der Waals surface area (Å²) >= 11 is 0. The van der Waals surface area contributed by atoms with Gasteiger partial charge in [0.05, 0.1) is 25.3 Å². The molecular weight excluding hydrogens is 285 g/mol. The summed E-state index contributed by atoms with van der Waals surface area (Å²) < 4.78 is 0. The van der Waals surface area contributed by atoms with Crippen LogP contribution in [0.4, 0.5) is 5.69 Å². The van der Waals surface area contributed by atoms with E-state index >= 15 is 0 Å². The third-order valence-electron chi connectivity index (χ3n) is 4.11. The number of carbonyl (C=O) groups is 2. The minimum absolute atomic E-state index is 0.0563. The lowest BCUT2D eigenvalue weighted by molar-refractivity contribution is -0.144. The molecule has 2 heterocycles. The van der Waals surface area contributed by atoms with E-state index in [1.165, 1.54) is 18.5 Å². The average Bonchev–Trinajstić information content (AvgIpc) is 2.84. The van der Waals surface area contributed by atoms with Crippen molar-refractivity contribution in [3.63, 3.8) is 0 Å². The van der Waals surface area contributed by atoms with Crippen LogP contribution in [0, 0.1) is 5.92 Å². The van der Waals surface area contributed by atoms with Gasteiger partial charge in [0.25, 0.3) is 0 Å². The van der Waals surface area contributed by atoms with Crippen LogP contribution in [0.25, 0.3) is 0 Å². The number of nitrogens with two attached hydrogens (primary N) is 1. The summed E-state index contributed by atoms with van der Waals surface area (Å²) in [6.45, 7) is 0.551. The van der Waals surface area contributed by atoms with Gasteiger partial charge in [0.15, 0.2) is 0 Å². The Bertz CT molecular complexity index is 583. The van der Waals surface area contributed by atoms with Gasteiger partial charge in [-0.2, -0.15) is 0 Å². The van der Waals surface area contributed by atoms with Crippen LogP contribution in [-0.2, 0) is 4.79 Å². The normalized spacial score (nSPS) is 24.4. The zero-order chi connectivity index (χ0) is 16.3. The molecule has 2 radical (unpaired) electrons. The zero-order valence-electron chi connectivity index (χ0n) is 12.1. The highest BCUT2D eigenvalue weighted by atomic mass is 16.4. The molecule has 116 valence electrons. The van der Waals surface area contributed by atoms with Crippen LogP contribution in [0.3, 0.4) is 0 Å². The molecule has 2 atom stereocenters. The van der Waals surface area contributed by atoms with Crippen molar-refractivity contribution in [2.45, 2.75) is 24.7 Å². The molecule has 0 aliphatic carbocycles. The van der Waals surface area contributed by atoms with Crippen molar-refractivity contribution >= 4 is 25.5 Å². The number of aromatic nitrogens is 1. The van der Waals surface area contributed by atoms with Crippen molar-refractivity contribution in [3.05, 3.63) is 24.0 Å². The second kappa shape index (κ2) is 6.35. The van der Waals surface area contributed by atoms with Crippen molar-refractivity contribution in [1.82, 2.24) is 4.98 Å². The highest BCUT2D eigenvalue weighted by Crippen LogP contribution is 2.33. The fourth-order valence-corrected chi connectivity index (χ4v) is 2.81. The maximum Gasteiger partial charge on any atom is 0.337 e. The summed E-state index contributed by atoms with van der Waals surface area (Å²) in [5, 5.41) is 18.5. The van der Waals surface area contributed by atoms with E-state index in [1.54, 1.807) is 4.90 Å². The number of hydrogen-bond acceptors (Lipinski definition) is 5. The zero-order valence-corrected chi connectivity index (χ0v) is 12.1. The van der Waals surface area contributed by atoms with Gasteiger partial charge in [-0.25, -0.2) is 4.79 Å². The Labute approximate surface area is 129 Å². The van der Waals surface area contributed by atoms with Gasteiger partial charge < -0.3 is 20.8 Å². The van der Waals surface area contributed by atoms with Gasteiger partial charge in [-0.3, -0.25) is 9.78 Å². The minimum atomic E-state index is -1.37. The molecular formula is C14H18BN3O4. The SMILES string of the molecule is [B]CCC[C@H]1CN(c2cncc(C(=O)O)c2)C[C@@]1(N)C(=O)O. The number of pyridine rings is 1. The van der Waals surface area contributed by atoms with Crippen LogP contribution in [0.5, 0.6) is 0 Å². The van der Waals surface area contributed by atoms with Gasteiger partial charge in [-0.1, -0.05) is 12.7 Å². The topological polar surface area (TPSA) is 117 Å². The largest absolute Gasteiger partial charge is 0.480 e. The minimum Gasteiger partial charge on any atom is -0.480 e. The number of rotatable bonds is 6. The Morgan fingerprint density at radius 1 is 1.45 bits per heavy atom. The molecule has 4 N–H and O–H groups in total. The maximum absolute atomic E-state index is 11.6. The van der Waals surface area contributed by atoms with Crippen molar-refractivity contribution in [2.75, 3.05) is 18.0 Å². The predicted molar refractivity (Wildman–Crippen MR) is 81.2 cm³/mol. The van der Waals surface area contributed by atoms with Gasteiger partial charge >= 0.3 is 11.9 Å². The van der Waals surface area contributed by atoms with Crippen LogP contribution in [0.1, 0.15) is 23.2 Å². The summed E-state index contributed by atoms with van der Waals surface area (Å²) in [6.07, 6.45) is 4.54. The molecule has 2 rings (SSSR count). The number of aromatic carboxylic acids is 1. The summed E-state index contributed by atoms with van der Waals surface area (Å²) in [4.78, 5) is 28.2. The number of anilines is 1. The van der Waals surface area contributed by atoms with Gasteiger partial charge in [-0.15, -0.1) is 0 Å². The highest BCUT2D eigenvalue weighted by Gasteiger charge is 2.49. The molecule has 7 nitrogen and oxygen atoms in total. The average molecular weight is 303 g/mol. The monoisotopic (exact) mass is 303 g/mol. The van der Waals surface area contributed by atoms with Crippen LogP contribution in [0.15, 0.2) is 18.5 Å². The van der Waals surface area contributed by atoms with E-state index in [0.29, 0.717) is 31.4 Å². The number of aliphatic carboxylic acids is 1. The molecule has 1 saturated heterocycles. The van der Waals surface area contributed by atoms with Gasteiger partial charge in [0.1, 0.15) is 5.54 Å². The van der Waals surface area contributed by atoms with Crippen molar-refractivity contribution in [2.24, 2.45) is 11.7 Å². The summed E-state index contributed by atoms with van der Waals surface area (Å²) in [5.74, 6) is -2.38. The summed E-state index contributed by atoms with van der Waals surface area (Å²) in [5.41, 5.74) is 5.34. The second-order valence-corrected chi connectivity index (χ2v) is 5.59. The molecule has 0 unspecified atom stereocenters. The molecule has 0 bridgehead atoms. The van der Waals surface area contributed by atoms with E-state index < -0.39 is 17.5 Å². The van der Waals surface area contributed by atoms with E-state index in [9.17, 15) is 14.7 Å². The first-order valence-electron chi connectivity index (χ1n) is 7.04. The molecule has 1 aromatic heterocycles. The Morgan fingerprint density at radius 2 is 2.18 bits per heavy atom. The molecule has 0 saturated carbocycles. The number of nitrogens with zero attached hydrogens (tertiary/aromatic N) is 2. The Hall–Kier alpha value is -2.09. The maximum atomic E-state index is 11.6. The first-order valence-corrected chi connectivity index (χ1v) is 7.04. The molecule has 1 aromatic rings. The molecule has 0 spiro atoms. The number of hydrogen-bond donors (Lipinski definition) is 3. The molecule has 1 fully saturated rings. The molecule has 1 aliphatic rings. The Morgan fingerprint density at radius 3 is 2.77 bits per heavy atom. The van der Waals surface area contributed by atoms with Crippen molar-refractivity contribution < 1.29 is 19.8 Å². The lowest BCUT2D eigenvalue weighted by Gasteiger charge is -2.25. The summed E-state index contributed by atoms with van der Waals surface area (Å²) in [7, 11) is 5.49. The van der Waals surface area contributed by atoms with Gasteiger partial charge in [0.2, 0.25) is 0 Å². The fraction of sp³-hybridized carbons (Fsp3) is 0.500. The third kappa shape index (κ3) is 3.06. The fourth-order valence-electron chi connectivity index (χ4n) is 2.81. The second-order valence-electron chi connectivity index (χ2n) is 5.59. The van der Waals surface area contributed by atoms with Crippen molar-refractivity contribution in [3.8, 4) is 0 Å². The van der Waals surface area contributed by atoms with Crippen molar-refractivity contribution in [1.29, 1.82) is 0 Å². The first kappa shape index (κ1) is 16.3. The number of carboxylic acids is 2. The van der Waals surface area contributed by atoms with E-state index in [4.69, 9.17) is 18.7 Å². The lowest BCUT2D eigenvalue weighted by atomic mass is 9.83. The van der Waals surface area contributed by atoms with Crippen LogP contribution in [0.2, 0.25) is 6.32 Å². The van der Waals surface area contributed by atoms with Gasteiger partial charge in [0, 0.05) is 25.2 Å². The molecule has 0 aromatic carbocycles. The Balaban J connectivity index is 2.25. The molecule has 8 heteroatoms. The third-order valence-corrected chi connectivity index (χ3v) is 4.11. The quantitative estimate of drug-likeness (QED) is 0.650. The van der Waals surface area contributed by atoms with Gasteiger partial charge in [-0.05, 0) is 12.5 Å². The molecule has 22 heavy (non-hydrogen) atoms. The smallest absolute Gasteiger partial charge is 0.337 e. The van der Waals surface area contributed by atoms with E-state index in [1.807, 2.05) is 0 Å². The first-order chi connectivity index (χ1) is 10.4. The highest BCUT2D eigenvalue weighted by molar-refractivity contribution is 6.08. The lowest BCUT2D eigenvalue weighted by Crippen LogP contribution is -2.54. The van der Waals surface area contributed by atoms with E-state index in [-0.39, 0.29) is 18.0 Å². The number of carboxylic acid groups (broad SMARTS) is 2. The Kier molecular flexibility index (Phi) is 4.70. The van der Waals surface area contributed by atoms with Crippen LogP contribution >= 0.6 is 0 Å². The predicted octanol–water partition coefficient (Wildman–Crippen LogP) is 0.365.